The number of benzene rings is 3. The van der Waals surface area contributed by atoms with Gasteiger partial charge in [0.15, 0.2) is 5.11 Å². The Morgan fingerprint density at radius 1 is 0.800 bits per heavy atom. The van der Waals surface area contributed by atoms with E-state index in [9.17, 15) is 9.59 Å². The number of carbonyl (C=O) groups is 2. The number of ether oxygens (including phenoxy) is 1. The Balaban J connectivity index is 1.38. The van der Waals surface area contributed by atoms with Gasteiger partial charge in [-0.3, -0.25) is 24.8 Å². The lowest BCUT2D eigenvalue weighted by Crippen LogP contribution is -2.54. The van der Waals surface area contributed by atoms with Gasteiger partial charge < -0.3 is 4.74 Å². The molecule has 1 saturated heterocycles. The molecule has 2 heterocycles. The number of nitrogens with zero attached hydrogens (tertiary/aromatic N) is 2. The van der Waals surface area contributed by atoms with E-state index in [1.54, 1.807) is 42.7 Å². The average molecular weight is 478 g/mol. The number of thiocarbonyl (C=S) groups is 1. The van der Waals surface area contributed by atoms with E-state index in [2.05, 4.69) is 10.3 Å². The van der Waals surface area contributed by atoms with E-state index in [0.29, 0.717) is 17.2 Å². The number of anilines is 1. The Hall–Kier alpha value is -4.62. The van der Waals surface area contributed by atoms with Gasteiger partial charge in [-0.25, -0.2) is 0 Å². The molecule has 0 bridgehead atoms. The van der Waals surface area contributed by atoms with Gasteiger partial charge in [0.25, 0.3) is 11.8 Å². The molecule has 0 radical (unpaired) electrons. The van der Waals surface area contributed by atoms with Gasteiger partial charge >= 0.3 is 0 Å². The monoisotopic (exact) mass is 477 g/mol. The maximum Gasteiger partial charge on any atom is 0.270 e. The van der Waals surface area contributed by atoms with Crippen LogP contribution in [0.4, 0.5) is 5.69 Å². The first-order valence-electron chi connectivity index (χ1n) is 10.8. The molecule has 4 aromatic rings. The number of rotatable bonds is 5. The van der Waals surface area contributed by atoms with Crippen molar-refractivity contribution in [2.24, 2.45) is 0 Å². The van der Waals surface area contributed by atoms with E-state index in [1.165, 1.54) is 4.90 Å². The summed E-state index contributed by atoms with van der Waals surface area (Å²) in [4.78, 5) is 31.3. The van der Waals surface area contributed by atoms with Gasteiger partial charge in [-0.15, -0.1) is 0 Å². The fourth-order valence-corrected chi connectivity index (χ4v) is 3.93. The van der Waals surface area contributed by atoms with Crippen LogP contribution in [-0.4, -0.2) is 21.9 Å². The molecule has 35 heavy (non-hydrogen) atoms. The Labute approximate surface area is 207 Å². The van der Waals surface area contributed by atoms with E-state index < -0.39 is 11.8 Å². The molecule has 1 aliphatic rings. The van der Waals surface area contributed by atoms with Crippen LogP contribution < -0.4 is 15.0 Å². The Morgan fingerprint density at radius 3 is 2.20 bits per heavy atom. The third kappa shape index (κ3) is 4.85. The third-order valence-electron chi connectivity index (χ3n) is 5.39. The van der Waals surface area contributed by atoms with Crippen molar-refractivity contribution in [3.8, 4) is 22.6 Å². The summed E-state index contributed by atoms with van der Waals surface area (Å²) >= 11 is 5.30. The number of hydrogen-bond acceptors (Lipinski definition) is 5. The maximum atomic E-state index is 13.3. The number of carbonyl (C=O) groups excluding carboxylic acids is 2. The van der Waals surface area contributed by atoms with Crippen LogP contribution in [0.25, 0.3) is 17.2 Å². The van der Waals surface area contributed by atoms with Crippen LogP contribution in [0.1, 0.15) is 5.56 Å². The smallest absolute Gasteiger partial charge is 0.270 e. The van der Waals surface area contributed by atoms with Crippen molar-refractivity contribution in [1.82, 2.24) is 10.3 Å². The number of aromatic nitrogens is 1. The standard InChI is InChI=1S/C28H19N3O3S/c32-26-25(17-19-8-10-20(11-9-19)21-5-4-16-29-18-21)27(33)31(28(35)30-26)22-12-14-24(15-13-22)34-23-6-2-1-3-7-23/h1-18H,(H,30,32,35). The van der Waals surface area contributed by atoms with Crippen LogP contribution in [0, 0.1) is 0 Å². The number of pyridine rings is 1. The van der Waals surface area contributed by atoms with Crippen LogP contribution in [0.2, 0.25) is 0 Å². The highest BCUT2D eigenvalue weighted by Crippen LogP contribution is 2.27. The number of hydrogen-bond donors (Lipinski definition) is 1. The lowest BCUT2D eigenvalue weighted by Gasteiger charge is -2.29. The molecule has 0 spiro atoms. The summed E-state index contributed by atoms with van der Waals surface area (Å²) < 4.78 is 5.81. The molecule has 0 atom stereocenters. The van der Waals surface area contributed by atoms with Crippen molar-refractivity contribution in [3.05, 3.63) is 115 Å². The summed E-state index contributed by atoms with van der Waals surface area (Å²) in [6.45, 7) is 0. The summed E-state index contributed by atoms with van der Waals surface area (Å²) in [6.07, 6.45) is 5.06. The zero-order valence-corrected chi connectivity index (χ0v) is 19.2. The van der Waals surface area contributed by atoms with E-state index in [4.69, 9.17) is 17.0 Å². The molecule has 3 aromatic carbocycles. The highest BCUT2D eigenvalue weighted by atomic mass is 32.1. The SMILES string of the molecule is O=C1NC(=S)N(c2ccc(Oc3ccccc3)cc2)C(=O)C1=Cc1ccc(-c2cccnc2)cc1. The maximum absolute atomic E-state index is 13.3. The van der Waals surface area contributed by atoms with Gasteiger partial charge in [0, 0.05) is 12.4 Å². The van der Waals surface area contributed by atoms with Crippen LogP contribution in [0.15, 0.2) is 109 Å². The quantitative estimate of drug-likeness (QED) is 0.238. The van der Waals surface area contributed by atoms with Crippen LogP contribution in [0.3, 0.4) is 0 Å². The molecule has 1 N–H and O–H groups in total. The Bertz CT molecular complexity index is 1420. The number of nitrogens with one attached hydrogen (secondary N) is 1. The molecule has 7 heteroatoms. The second-order valence-electron chi connectivity index (χ2n) is 7.73. The molecule has 2 amide bonds. The number of para-hydroxylation sites is 1. The molecular formula is C28H19N3O3S. The van der Waals surface area contributed by atoms with Crippen molar-refractivity contribution in [2.45, 2.75) is 0 Å². The second kappa shape index (κ2) is 9.70. The molecule has 6 nitrogen and oxygen atoms in total. The molecular weight excluding hydrogens is 458 g/mol. The first-order valence-corrected chi connectivity index (χ1v) is 11.2. The van der Waals surface area contributed by atoms with Crippen LogP contribution >= 0.6 is 12.2 Å². The van der Waals surface area contributed by atoms with Crippen molar-refractivity contribution in [1.29, 1.82) is 0 Å². The minimum atomic E-state index is -0.531. The minimum absolute atomic E-state index is 0.00246. The molecule has 0 saturated carbocycles. The molecule has 0 unspecified atom stereocenters. The summed E-state index contributed by atoms with van der Waals surface area (Å²) in [6, 6.07) is 27.7. The van der Waals surface area contributed by atoms with Gasteiger partial charge in [-0.1, -0.05) is 48.5 Å². The zero-order chi connectivity index (χ0) is 24.2. The Kier molecular flexibility index (Phi) is 6.15. The molecule has 170 valence electrons. The van der Waals surface area contributed by atoms with E-state index in [-0.39, 0.29) is 10.7 Å². The van der Waals surface area contributed by atoms with Crippen molar-refractivity contribution < 1.29 is 14.3 Å². The van der Waals surface area contributed by atoms with Gasteiger partial charge in [0.05, 0.1) is 5.69 Å². The molecule has 1 aliphatic heterocycles. The third-order valence-corrected chi connectivity index (χ3v) is 5.68. The number of amides is 2. The van der Waals surface area contributed by atoms with Gasteiger partial charge in [0.1, 0.15) is 17.1 Å². The largest absolute Gasteiger partial charge is 0.457 e. The predicted molar refractivity (Wildman–Crippen MR) is 139 cm³/mol. The molecule has 5 rings (SSSR count). The van der Waals surface area contributed by atoms with E-state index in [1.807, 2.05) is 66.7 Å². The van der Waals surface area contributed by atoms with Crippen LogP contribution in [-0.2, 0) is 9.59 Å². The summed E-state index contributed by atoms with van der Waals surface area (Å²) in [5, 5.41) is 2.64. The summed E-state index contributed by atoms with van der Waals surface area (Å²) in [5.41, 5.74) is 3.21. The van der Waals surface area contributed by atoms with Gasteiger partial charge in [-0.2, -0.15) is 0 Å². The van der Waals surface area contributed by atoms with E-state index >= 15 is 0 Å². The highest BCUT2D eigenvalue weighted by Gasteiger charge is 2.34. The summed E-state index contributed by atoms with van der Waals surface area (Å²) in [5.74, 6) is 0.295. The summed E-state index contributed by atoms with van der Waals surface area (Å²) in [7, 11) is 0. The van der Waals surface area contributed by atoms with Crippen molar-refractivity contribution >= 4 is 40.9 Å². The van der Waals surface area contributed by atoms with Gasteiger partial charge in [0.2, 0.25) is 0 Å². The first-order chi connectivity index (χ1) is 17.1. The normalized spacial score (nSPS) is 14.7. The highest BCUT2D eigenvalue weighted by molar-refractivity contribution is 7.80. The fraction of sp³-hybridized carbons (Fsp3) is 0. The topological polar surface area (TPSA) is 71.5 Å². The fourth-order valence-electron chi connectivity index (χ4n) is 3.65. The predicted octanol–water partition coefficient (Wildman–Crippen LogP) is 5.37. The molecule has 0 aliphatic carbocycles. The van der Waals surface area contributed by atoms with Crippen molar-refractivity contribution in [3.63, 3.8) is 0 Å². The average Bonchev–Trinajstić information content (AvgIpc) is 2.89. The van der Waals surface area contributed by atoms with Gasteiger partial charge in [-0.05, 0) is 77.4 Å². The van der Waals surface area contributed by atoms with Crippen molar-refractivity contribution in [2.75, 3.05) is 4.90 Å². The van der Waals surface area contributed by atoms with Crippen LogP contribution in [0.5, 0.6) is 11.5 Å². The first kappa shape index (κ1) is 22.2. The molecule has 1 aromatic heterocycles. The Morgan fingerprint density at radius 2 is 1.51 bits per heavy atom. The lowest BCUT2D eigenvalue weighted by atomic mass is 10.0. The minimum Gasteiger partial charge on any atom is -0.457 e. The lowest BCUT2D eigenvalue weighted by molar-refractivity contribution is -0.122. The zero-order valence-electron chi connectivity index (χ0n) is 18.4. The second-order valence-corrected chi connectivity index (χ2v) is 8.12. The van der Waals surface area contributed by atoms with E-state index in [0.717, 1.165) is 16.7 Å². The molecule has 1 fully saturated rings.